The molecule has 0 radical (unpaired) electrons. The average Bonchev–Trinajstić information content (AvgIpc) is 2.74. The predicted octanol–water partition coefficient (Wildman–Crippen LogP) is 1.17. The summed E-state index contributed by atoms with van der Waals surface area (Å²) in [7, 11) is 1.97. The Morgan fingerprint density at radius 1 is 1.44 bits per heavy atom. The van der Waals surface area contributed by atoms with Crippen LogP contribution < -0.4 is 5.32 Å². The minimum absolute atomic E-state index is 0.559. The molecular formula is C13H25N5. The Morgan fingerprint density at radius 3 is 2.94 bits per heavy atom. The third-order valence-electron chi connectivity index (χ3n) is 3.66. The molecule has 0 saturated carbocycles. The molecule has 1 aromatic heterocycles. The zero-order valence-corrected chi connectivity index (χ0v) is 11.8. The van der Waals surface area contributed by atoms with Gasteiger partial charge >= 0.3 is 0 Å². The van der Waals surface area contributed by atoms with Crippen molar-refractivity contribution < 1.29 is 0 Å². The van der Waals surface area contributed by atoms with Gasteiger partial charge in [-0.05, 0) is 19.4 Å². The lowest BCUT2D eigenvalue weighted by molar-refractivity contribution is 0.131. The molecule has 1 saturated heterocycles. The summed E-state index contributed by atoms with van der Waals surface area (Å²) in [5, 5.41) is 7.70. The second kappa shape index (κ2) is 6.29. The van der Waals surface area contributed by atoms with E-state index in [1.807, 2.05) is 11.7 Å². The van der Waals surface area contributed by atoms with E-state index in [2.05, 4.69) is 34.1 Å². The Kier molecular flexibility index (Phi) is 4.72. The second-order valence-electron chi connectivity index (χ2n) is 5.48. The number of rotatable bonds is 5. The van der Waals surface area contributed by atoms with Crippen LogP contribution in [0.3, 0.4) is 0 Å². The number of nitrogens with zero attached hydrogens (tertiary/aromatic N) is 4. The summed E-state index contributed by atoms with van der Waals surface area (Å²) in [6.07, 6.45) is 5.58. The summed E-state index contributed by atoms with van der Waals surface area (Å²) >= 11 is 0. The smallest absolute Gasteiger partial charge is 0.140 e. The molecule has 18 heavy (non-hydrogen) atoms. The van der Waals surface area contributed by atoms with E-state index in [0.717, 1.165) is 18.9 Å². The summed E-state index contributed by atoms with van der Waals surface area (Å²) in [4.78, 5) is 6.87. The van der Waals surface area contributed by atoms with Crippen molar-refractivity contribution in [1.29, 1.82) is 0 Å². The average molecular weight is 251 g/mol. The summed E-state index contributed by atoms with van der Waals surface area (Å²) in [6, 6.07) is 1.20. The van der Waals surface area contributed by atoms with Crippen LogP contribution in [0.25, 0.3) is 0 Å². The van der Waals surface area contributed by atoms with E-state index in [9.17, 15) is 0 Å². The van der Waals surface area contributed by atoms with Crippen molar-refractivity contribution in [1.82, 2.24) is 25.0 Å². The highest BCUT2D eigenvalue weighted by Crippen LogP contribution is 2.18. The highest BCUT2D eigenvalue weighted by atomic mass is 15.3. The lowest BCUT2D eigenvalue weighted by Gasteiger charge is -2.35. The molecule has 5 nitrogen and oxygen atoms in total. The summed E-state index contributed by atoms with van der Waals surface area (Å²) < 4.78 is 1.88. The standard InChI is InChI=1S/C13H25N5/c1-11(2)14-8-12-6-4-5-7-18(12)9-13-15-10-16-17(13)3/h10-12,14H,4-9H2,1-3H3. The maximum atomic E-state index is 4.33. The Balaban J connectivity index is 1.93. The number of hydrogen-bond donors (Lipinski definition) is 1. The third kappa shape index (κ3) is 3.53. The molecule has 0 aliphatic carbocycles. The van der Waals surface area contributed by atoms with Gasteiger partial charge in [-0.3, -0.25) is 9.58 Å². The molecule has 2 rings (SSSR count). The maximum absolute atomic E-state index is 4.33. The van der Waals surface area contributed by atoms with E-state index >= 15 is 0 Å². The van der Waals surface area contributed by atoms with Gasteiger partial charge in [0, 0.05) is 25.7 Å². The first-order chi connectivity index (χ1) is 8.66. The molecule has 0 spiro atoms. The number of aryl methyl sites for hydroxylation is 1. The molecule has 1 aliphatic heterocycles. The van der Waals surface area contributed by atoms with Crippen molar-refractivity contribution in [3.05, 3.63) is 12.2 Å². The molecule has 2 heterocycles. The lowest BCUT2D eigenvalue weighted by atomic mass is 10.0. The first kappa shape index (κ1) is 13.5. The number of piperidine rings is 1. The van der Waals surface area contributed by atoms with E-state index in [1.165, 1.54) is 25.8 Å². The molecule has 0 aromatic carbocycles. The number of nitrogens with one attached hydrogen (secondary N) is 1. The van der Waals surface area contributed by atoms with Crippen molar-refractivity contribution in [3.63, 3.8) is 0 Å². The van der Waals surface area contributed by atoms with E-state index in [-0.39, 0.29) is 0 Å². The Hall–Kier alpha value is -0.940. The summed E-state index contributed by atoms with van der Waals surface area (Å²) in [5.74, 6) is 1.06. The van der Waals surface area contributed by atoms with Crippen molar-refractivity contribution >= 4 is 0 Å². The fraction of sp³-hybridized carbons (Fsp3) is 0.846. The van der Waals surface area contributed by atoms with Crippen LogP contribution in [0.2, 0.25) is 0 Å². The Labute approximate surface area is 110 Å². The van der Waals surface area contributed by atoms with Gasteiger partial charge in [-0.25, -0.2) is 4.98 Å². The van der Waals surface area contributed by atoms with E-state index in [1.54, 1.807) is 6.33 Å². The topological polar surface area (TPSA) is 46.0 Å². The summed E-state index contributed by atoms with van der Waals surface area (Å²) in [6.45, 7) is 7.58. The van der Waals surface area contributed by atoms with Gasteiger partial charge in [0.05, 0.1) is 6.54 Å². The molecule has 1 aliphatic rings. The van der Waals surface area contributed by atoms with Crippen molar-refractivity contribution in [2.24, 2.45) is 7.05 Å². The van der Waals surface area contributed by atoms with Crippen LogP contribution in [0.15, 0.2) is 6.33 Å². The SMILES string of the molecule is CC(C)NCC1CCCCN1Cc1ncnn1C. The molecule has 102 valence electrons. The molecule has 1 fully saturated rings. The van der Waals surface area contributed by atoms with E-state index in [0.29, 0.717) is 12.1 Å². The highest BCUT2D eigenvalue weighted by Gasteiger charge is 2.23. The fourth-order valence-electron chi connectivity index (χ4n) is 2.52. The third-order valence-corrected chi connectivity index (χ3v) is 3.66. The van der Waals surface area contributed by atoms with Gasteiger partial charge in [0.25, 0.3) is 0 Å². The molecule has 1 unspecified atom stereocenters. The first-order valence-corrected chi connectivity index (χ1v) is 6.97. The largest absolute Gasteiger partial charge is 0.313 e. The van der Waals surface area contributed by atoms with Gasteiger partial charge < -0.3 is 5.32 Å². The van der Waals surface area contributed by atoms with Crippen LogP contribution in [0.5, 0.6) is 0 Å². The van der Waals surface area contributed by atoms with Gasteiger partial charge in [-0.2, -0.15) is 5.10 Å². The molecule has 5 heteroatoms. The van der Waals surface area contributed by atoms with Crippen LogP contribution in [-0.4, -0.2) is 44.8 Å². The van der Waals surface area contributed by atoms with Crippen molar-refractivity contribution in [2.75, 3.05) is 13.1 Å². The number of hydrogen-bond acceptors (Lipinski definition) is 4. The minimum atomic E-state index is 0.559. The van der Waals surface area contributed by atoms with Crippen LogP contribution >= 0.6 is 0 Å². The van der Waals surface area contributed by atoms with Gasteiger partial charge in [0.15, 0.2) is 0 Å². The molecule has 0 bridgehead atoms. The molecule has 0 amide bonds. The van der Waals surface area contributed by atoms with Gasteiger partial charge in [-0.1, -0.05) is 20.3 Å². The normalized spacial score (nSPS) is 21.7. The number of likely N-dealkylation sites (tertiary alicyclic amines) is 1. The zero-order valence-electron chi connectivity index (χ0n) is 11.8. The van der Waals surface area contributed by atoms with Crippen molar-refractivity contribution in [2.45, 2.75) is 51.7 Å². The van der Waals surface area contributed by atoms with Gasteiger partial charge in [0.2, 0.25) is 0 Å². The first-order valence-electron chi connectivity index (χ1n) is 6.97. The van der Waals surface area contributed by atoms with Crippen LogP contribution in [0.1, 0.15) is 38.9 Å². The van der Waals surface area contributed by atoms with Crippen LogP contribution in [0.4, 0.5) is 0 Å². The molecule has 1 aromatic rings. The monoisotopic (exact) mass is 251 g/mol. The quantitative estimate of drug-likeness (QED) is 0.853. The van der Waals surface area contributed by atoms with Gasteiger partial charge in [0.1, 0.15) is 12.2 Å². The Bertz CT molecular complexity index is 360. The Morgan fingerprint density at radius 2 is 2.28 bits per heavy atom. The zero-order chi connectivity index (χ0) is 13.0. The predicted molar refractivity (Wildman–Crippen MR) is 72.2 cm³/mol. The van der Waals surface area contributed by atoms with E-state index < -0.39 is 0 Å². The summed E-state index contributed by atoms with van der Waals surface area (Å²) in [5.41, 5.74) is 0. The fourth-order valence-corrected chi connectivity index (χ4v) is 2.52. The van der Waals surface area contributed by atoms with Crippen LogP contribution in [0, 0.1) is 0 Å². The molecule has 1 atom stereocenters. The number of aromatic nitrogens is 3. The van der Waals surface area contributed by atoms with Gasteiger partial charge in [-0.15, -0.1) is 0 Å². The van der Waals surface area contributed by atoms with E-state index in [4.69, 9.17) is 0 Å². The van der Waals surface area contributed by atoms with Crippen molar-refractivity contribution in [3.8, 4) is 0 Å². The minimum Gasteiger partial charge on any atom is -0.313 e. The molecular weight excluding hydrogens is 226 g/mol. The second-order valence-corrected chi connectivity index (χ2v) is 5.48. The lowest BCUT2D eigenvalue weighted by Crippen LogP contribution is -2.46. The maximum Gasteiger partial charge on any atom is 0.140 e. The highest BCUT2D eigenvalue weighted by molar-refractivity contribution is 4.88. The molecule has 1 N–H and O–H groups in total. The van der Waals surface area contributed by atoms with Crippen LogP contribution in [-0.2, 0) is 13.6 Å².